The van der Waals surface area contributed by atoms with Gasteiger partial charge in [0.15, 0.2) is 5.92 Å². The van der Waals surface area contributed by atoms with E-state index in [1.54, 1.807) is 7.11 Å². The summed E-state index contributed by atoms with van der Waals surface area (Å²) in [4.78, 5) is 39.8. The third-order valence-electron chi connectivity index (χ3n) is 7.14. The van der Waals surface area contributed by atoms with E-state index in [4.69, 9.17) is 14.2 Å². The van der Waals surface area contributed by atoms with Gasteiger partial charge in [-0.05, 0) is 54.0 Å². The van der Waals surface area contributed by atoms with Gasteiger partial charge in [-0.3, -0.25) is 14.4 Å². The normalized spacial score (nSPS) is 16.1. The minimum atomic E-state index is -1.16. The van der Waals surface area contributed by atoms with Crippen LogP contribution < -0.4 is 4.74 Å². The van der Waals surface area contributed by atoms with E-state index in [9.17, 15) is 14.4 Å². The SMILES string of the molecule is COc1ccc(C(CC(C(=O)OCc2ccccc2)C(=O)OCc2ccccc2)C2CCCCC2=O)cc1. The lowest BCUT2D eigenvalue weighted by Gasteiger charge is -2.31. The largest absolute Gasteiger partial charge is 0.497 e. The van der Waals surface area contributed by atoms with Crippen LogP contribution in [0.4, 0.5) is 0 Å². The van der Waals surface area contributed by atoms with Gasteiger partial charge in [0.1, 0.15) is 24.7 Å². The molecule has 3 aromatic carbocycles. The summed E-state index contributed by atoms with van der Waals surface area (Å²) in [6.45, 7) is 0.107. The van der Waals surface area contributed by atoms with Crippen molar-refractivity contribution in [1.29, 1.82) is 0 Å². The van der Waals surface area contributed by atoms with Crippen LogP contribution in [0.5, 0.6) is 5.75 Å². The van der Waals surface area contributed by atoms with Crippen LogP contribution >= 0.6 is 0 Å². The number of benzene rings is 3. The van der Waals surface area contributed by atoms with Crippen LogP contribution in [-0.2, 0) is 37.1 Å². The molecular weight excluding hydrogens is 480 g/mol. The van der Waals surface area contributed by atoms with Crippen LogP contribution in [0.3, 0.4) is 0 Å². The second-order valence-corrected chi connectivity index (χ2v) is 9.67. The van der Waals surface area contributed by atoms with E-state index in [0.29, 0.717) is 12.2 Å². The zero-order chi connectivity index (χ0) is 26.7. The molecule has 1 aliphatic carbocycles. The van der Waals surface area contributed by atoms with Gasteiger partial charge in [-0.25, -0.2) is 0 Å². The smallest absolute Gasteiger partial charge is 0.320 e. The van der Waals surface area contributed by atoms with Crippen molar-refractivity contribution in [2.75, 3.05) is 7.11 Å². The lowest BCUT2D eigenvalue weighted by Crippen LogP contribution is -2.33. The highest BCUT2D eigenvalue weighted by molar-refractivity contribution is 5.95. The molecule has 0 heterocycles. The molecule has 2 unspecified atom stereocenters. The molecule has 6 nitrogen and oxygen atoms in total. The summed E-state index contributed by atoms with van der Waals surface area (Å²) in [5, 5.41) is 0. The molecule has 2 atom stereocenters. The molecule has 4 rings (SSSR count). The quantitative estimate of drug-likeness (QED) is 0.230. The number of ether oxygens (including phenoxy) is 3. The Bertz CT molecular complexity index is 1130. The van der Waals surface area contributed by atoms with E-state index in [2.05, 4.69) is 0 Å². The molecule has 1 aliphatic rings. The minimum Gasteiger partial charge on any atom is -0.497 e. The Labute approximate surface area is 223 Å². The Kier molecular flexibility index (Phi) is 9.68. The Morgan fingerprint density at radius 2 is 1.34 bits per heavy atom. The highest BCUT2D eigenvalue weighted by Gasteiger charge is 2.39. The van der Waals surface area contributed by atoms with Gasteiger partial charge in [0, 0.05) is 12.3 Å². The molecule has 0 aromatic heterocycles. The molecule has 6 heteroatoms. The van der Waals surface area contributed by atoms with Crippen molar-refractivity contribution < 1.29 is 28.6 Å². The van der Waals surface area contributed by atoms with Gasteiger partial charge in [0.25, 0.3) is 0 Å². The van der Waals surface area contributed by atoms with Crippen LogP contribution in [0.2, 0.25) is 0 Å². The first-order chi connectivity index (χ1) is 18.5. The lowest BCUT2D eigenvalue weighted by molar-refractivity contribution is -0.164. The fourth-order valence-corrected chi connectivity index (χ4v) is 5.02. The number of carbonyl (C=O) groups excluding carboxylic acids is 3. The summed E-state index contributed by atoms with van der Waals surface area (Å²) in [7, 11) is 1.60. The number of rotatable bonds is 11. The predicted octanol–water partition coefficient (Wildman–Crippen LogP) is 6.03. The molecule has 0 aliphatic heterocycles. The summed E-state index contributed by atoms with van der Waals surface area (Å²) in [5.74, 6) is -2.18. The molecular formula is C32H34O6. The molecule has 38 heavy (non-hydrogen) atoms. The Balaban J connectivity index is 1.58. The second kappa shape index (κ2) is 13.6. The third-order valence-corrected chi connectivity index (χ3v) is 7.14. The molecule has 0 N–H and O–H groups in total. The van der Waals surface area contributed by atoms with Crippen molar-refractivity contribution in [2.24, 2.45) is 11.8 Å². The van der Waals surface area contributed by atoms with Crippen molar-refractivity contribution in [3.05, 3.63) is 102 Å². The van der Waals surface area contributed by atoms with E-state index in [-0.39, 0.29) is 37.3 Å². The van der Waals surface area contributed by atoms with Gasteiger partial charge in [-0.15, -0.1) is 0 Å². The number of esters is 2. The average Bonchev–Trinajstić information content (AvgIpc) is 2.97. The fourth-order valence-electron chi connectivity index (χ4n) is 5.02. The number of hydrogen-bond acceptors (Lipinski definition) is 6. The molecule has 1 saturated carbocycles. The van der Waals surface area contributed by atoms with Crippen LogP contribution in [0.15, 0.2) is 84.9 Å². The summed E-state index contributed by atoms with van der Waals surface area (Å²) in [6.07, 6.45) is 3.17. The predicted molar refractivity (Wildman–Crippen MR) is 143 cm³/mol. The third kappa shape index (κ3) is 7.31. The van der Waals surface area contributed by atoms with E-state index < -0.39 is 17.9 Å². The van der Waals surface area contributed by atoms with E-state index in [0.717, 1.165) is 36.0 Å². The standard InChI is InChI=1S/C32H34O6/c1-36-26-18-16-25(17-19-26)28(27-14-8-9-15-30(27)33)20-29(31(34)37-21-23-10-4-2-5-11-23)32(35)38-22-24-12-6-3-7-13-24/h2-7,10-13,16-19,27-29H,8-9,14-15,20-22H2,1H3. The first-order valence-corrected chi connectivity index (χ1v) is 13.1. The van der Waals surface area contributed by atoms with E-state index in [1.165, 1.54) is 0 Å². The zero-order valence-corrected chi connectivity index (χ0v) is 21.7. The number of methoxy groups -OCH3 is 1. The highest BCUT2D eigenvalue weighted by Crippen LogP contribution is 2.39. The van der Waals surface area contributed by atoms with Crippen LogP contribution in [0.25, 0.3) is 0 Å². The summed E-state index contributed by atoms with van der Waals surface area (Å²) in [5.41, 5.74) is 2.54. The van der Waals surface area contributed by atoms with Gasteiger partial charge in [-0.2, -0.15) is 0 Å². The van der Waals surface area contributed by atoms with Gasteiger partial charge in [0.05, 0.1) is 7.11 Å². The Morgan fingerprint density at radius 3 is 1.84 bits per heavy atom. The minimum absolute atomic E-state index is 0.0533. The molecule has 1 fully saturated rings. The van der Waals surface area contributed by atoms with Crippen LogP contribution in [0.1, 0.15) is 54.7 Å². The van der Waals surface area contributed by atoms with Crippen molar-refractivity contribution in [1.82, 2.24) is 0 Å². The van der Waals surface area contributed by atoms with Crippen molar-refractivity contribution in [3.63, 3.8) is 0 Å². The fraction of sp³-hybridized carbons (Fsp3) is 0.344. The summed E-state index contributed by atoms with van der Waals surface area (Å²) in [6, 6.07) is 26.2. The van der Waals surface area contributed by atoms with Gasteiger partial charge >= 0.3 is 11.9 Å². The number of Topliss-reactive ketones (excluding diaryl/α,β-unsaturated/α-hetero) is 1. The Hall–Kier alpha value is -3.93. The summed E-state index contributed by atoms with van der Waals surface area (Å²) < 4.78 is 16.5. The van der Waals surface area contributed by atoms with E-state index >= 15 is 0 Å². The van der Waals surface area contributed by atoms with Crippen LogP contribution in [-0.4, -0.2) is 24.8 Å². The maximum Gasteiger partial charge on any atom is 0.320 e. The molecule has 0 radical (unpaired) electrons. The first kappa shape index (κ1) is 27.1. The van der Waals surface area contributed by atoms with Gasteiger partial charge in [0.2, 0.25) is 0 Å². The maximum atomic E-state index is 13.4. The van der Waals surface area contributed by atoms with Gasteiger partial charge < -0.3 is 14.2 Å². The first-order valence-electron chi connectivity index (χ1n) is 13.1. The number of hydrogen-bond donors (Lipinski definition) is 0. The zero-order valence-electron chi connectivity index (χ0n) is 21.7. The molecule has 0 saturated heterocycles. The van der Waals surface area contributed by atoms with Crippen molar-refractivity contribution in [3.8, 4) is 5.75 Å². The molecule has 0 amide bonds. The maximum absolute atomic E-state index is 13.4. The molecule has 0 spiro atoms. The molecule has 198 valence electrons. The molecule has 0 bridgehead atoms. The highest BCUT2D eigenvalue weighted by atomic mass is 16.6. The topological polar surface area (TPSA) is 78.9 Å². The summed E-state index contributed by atoms with van der Waals surface area (Å²) >= 11 is 0. The van der Waals surface area contributed by atoms with Gasteiger partial charge in [-0.1, -0.05) is 79.2 Å². The second-order valence-electron chi connectivity index (χ2n) is 9.67. The van der Waals surface area contributed by atoms with Crippen LogP contribution in [0, 0.1) is 11.8 Å². The average molecular weight is 515 g/mol. The monoisotopic (exact) mass is 514 g/mol. The van der Waals surface area contributed by atoms with Crippen molar-refractivity contribution in [2.45, 2.75) is 51.2 Å². The molecule has 3 aromatic rings. The number of ketones is 1. The number of carbonyl (C=O) groups is 3. The van der Waals surface area contributed by atoms with Crippen molar-refractivity contribution >= 4 is 17.7 Å². The Morgan fingerprint density at radius 1 is 0.789 bits per heavy atom. The van der Waals surface area contributed by atoms with E-state index in [1.807, 2.05) is 84.9 Å². The lowest BCUT2D eigenvalue weighted by atomic mass is 9.72.